The topological polar surface area (TPSA) is 70.4 Å². The van der Waals surface area contributed by atoms with Crippen molar-refractivity contribution < 1.29 is 15.0 Å². The van der Waals surface area contributed by atoms with Crippen LogP contribution in [-0.2, 0) is 0 Å². The van der Waals surface area contributed by atoms with Gasteiger partial charge in [0.25, 0.3) is 0 Å². The van der Waals surface area contributed by atoms with E-state index in [4.69, 9.17) is 10.2 Å². The van der Waals surface area contributed by atoms with E-state index >= 15 is 0 Å². The first kappa shape index (κ1) is 12.0. The van der Waals surface area contributed by atoms with Crippen molar-refractivity contribution in [2.75, 3.05) is 12.4 Å². The molecule has 0 fully saturated rings. The lowest BCUT2D eigenvalue weighted by Crippen LogP contribution is -2.06. The summed E-state index contributed by atoms with van der Waals surface area (Å²) in [6.07, 6.45) is 1.46. The summed E-state index contributed by atoms with van der Waals surface area (Å²) in [5, 5.41) is 17.7. The molecule has 4 nitrogen and oxygen atoms in total. The van der Waals surface area contributed by atoms with Crippen LogP contribution in [0.1, 0.15) is 17.4 Å². The van der Waals surface area contributed by atoms with Gasteiger partial charge in [0.05, 0.1) is 0 Å². The fourth-order valence-electron chi connectivity index (χ4n) is 0.952. The van der Waals surface area contributed by atoms with Crippen LogP contribution in [0.4, 0.5) is 0 Å². The van der Waals surface area contributed by atoms with Crippen molar-refractivity contribution in [1.82, 2.24) is 4.98 Å². The molecule has 0 aliphatic rings. The number of hydrogen-bond donors (Lipinski definition) is 2. The molecule has 1 rings (SSSR count). The smallest absolute Gasteiger partial charge is 0.355 e. The quantitative estimate of drug-likeness (QED) is 0.746. The molecule has 0 saturated carbocycles. The van der Waals surface area contributed by atoms with Crippen LogP contribution in [0.2, 0.25) is 0 Å². The third kappa shape index (κ3) is 3.53. The van der Waals surface area contributed by atoms with E-state index in [1.165, 1.54) is 18.0 Å². The van der Waals surface area contributed by atoms with Gasteiger partial charge in [-0.3, -0.25) is 0 Å². The van der Waals surface area contributed by atoms with Gasteiger partial charge in [-0.1, -0.05) is 6.92 Å². The zero-order valence-corrected chi connectivity index (χ0v) is 9.20. The molecule has 1 atom stereocenters. The number of carboxylic acid groups (broad SMARTS) is 1. The van der Waals surface area contributed by atoms with Crippen LogP contribution in [-0.4, -0.2) is 33.5 Å². The Hall–Kier alpha value is -1.07. The number of hydrogen-bond acceptors (Lipinski definition) is 4. The van der Waals surface area contributed by atoms with Gasteiger partial charge in [0.2, 0.25) is 0 Å². The summed E-state index contributed by atoms with van der Waals surface area (Å²) in [5.74, 6) is -0.186. The molecule has 0 aromatic carbocycles. The van der Waals surface area contributed by atoms with Gasteiger partial charge < -0.3 is 10.2 Å². The van der Waals surface area contributed by atoms with E-state index in [0.29, 0.717) is 10.6 Å². The highest BCUT2D eigenvalue weighted by Crippen LogP contribution is 2.23. The summed E-state index contributed by atoms with van der Waals surface area (Å²) in [5.41, 5.74) is 0.0765. The van der Waals surface area contributed by atoms with Gasteiger partial charge in [-0.15, -0.1) is 11.8 Å². The normalized spacial score (nSPS) is 12.4. The summed E-state index contributed by atoms with van der Waals surface area (Å²) in [6.45, 7) is 2.01. The molecule has 0 radical (unpaired) electrons. The Bertz CT molecular complexity index is 343. The van der Waals surface area contributed by atoms with Crippen LogP contribution in [0, 0.1) is 5.92 Å². The monoisotopic (exact) mass is 227 g/mol. The number of nitrogens with zero attached hydrogens (tertiary/aromatic N) is 1. The molecule has 1 aromatic rings. The van der Waals surface area contributed by atoms with Crippen molar-refractivity contribution in [2.24, 2.45) is 5.92 Å². The van der Waals surface area contributed by atoms with Crippen molar-refractivity contribution >= 4 is 17.7 Å². The average Bonchev–Trinajstić information content (AvgIpc) is 2.26. The number of rotatable bonds is 5. The number of carbonyl (C=O) groups is 1. The molecular weight excluding hydrogens is 214 g/mol. The fraction of sp³-hybridized carbons (Fsp3) is 0.400. The molecule has 0 aliphatic carbocycles. The minimum Gasteiger partial charge on any atom is -0.476 e. The van der Waals surface area contributed by atoms with Crippen LogP contribution >= 0.6 is 11.8 Å². The number of aliphatic hydroxyl groups is 1. The summed E-state index contributed by atoms with van der Waals surface area (Å²) < 4.78 is 0. The largest absolute Gasteiger partial charge is 0.476 e. The highest BCUT2D eigenvalue weighted by atomic mass is 32.2. The Kier molecular flexibility index (Phi) is 4.58. The molecule has 2 N–H and O–H groups in total. The minimum atomic E-state index is -1.02. The van der Waals surface area contributed by atoms with Crippen LogP contribution in [0.25, 0.3) is 0 Å². The SMILES string of the molecule is CC(CO)CSc1cccnc1C(=O)O. The number of pyridine rings is 1. The van der Waals surface area contributed by atoms with E-state index in [0.717, 1.165) is 0 Å². The van der Waals surface area contributed by atoms with E-state index in [1.54, 1.807) is 12.1 Å². The maximum Gasteiger partial charge on any atom is 0.355 e. The maximum absolute atomic E-state index is 10.8. The summed E-state index contributed by atoms with van der Waals surface area (Å²) in [7, 11) is 0. The van der Waals surface area contributed by atoms with Crippen molar-refractivity contribution in [1.29, 1.82) is 0 Å². The van der Waals surface area contributed by atoms with Gasteiger partial charge in [-0.25, -0.2) is 9.78 Å². The standard InChI is InChI=1S/C10H13NO3S/c1-7(5-12)6-15-8-3-2-4-11-9(8)10(13)14/h2-4,7,12H,5-6H2,1H3,(H,13,14). The molecule has 0 spiro atoms. The first-order chi connectivity index (χ1) is 7.15. The Morgan fingerprint density at radius 1 is 1.67 bits per heavy atom. The van der Waals surface area contributed by atoms with Crippen LogP contribution < -0.4 is 0 Å². The summed E-state index contributed by atoms with van der Waals surface area (Å²) >= 11 is 1.40. The van der Waals surface area contributed by atoms with Gasteiger partial charge in [-0.05, 0) is 18.1 Å². The molecule has 1 aromatic heterocycles. The molecule has 1 heterocycles. The molecule has 82 valence electrons. The number of aliphatic hydroxyl groups excluding tert-OH is 1. The lowest BCUT2D eigenvalue weighted by Gasteiger charge is -2.08. The van der Waals surface area contributed by atoms with Gasteiger partial charge in [-0.2, -0.15) is 0 Å². The second-order valence-electron chi connectivity index (χ2n) is 3.25. The Morgan fingerprint density at radius 3 is 3.00 bits per heavy atom. The molecule has 0 amide bonds. The number of carboxylic acids is 1. The van der Waals surface area contributed by atoms with Crippen LogP contribution in [0.3, 0.4) is 0 Å². The van der Waals surface area contributed by atoms with E-state index in [1.807, 2.05) is 6.92 Å². The number of aromatic nitrogens is 1. The molecule has 0 aliphatic heterocycles. The lowest BCUT2D eigenvalue weighted by atomic mass is 10.2. The lowest BCUT2D eigenvalue weighted by molar-refractivity contribution is 0.0686. The average molecular weight is 227 g/mol. The van der Waals surface area contributed by atoms with Crippen molar-refractivity contribution in [3.63, 3.8) is 0 Å². The summed E-state index contributed by atoms with van der Waals surface area (Å²) in [4.78, 5) is 15.3. The first-order valence-electron chi connectivity index (χ1n) is 4.57. The molecular formula is C10H13NO3S. The minimum absolute atomic E-state index is 0.0765. The Morgan fingerprint density at radius 2 is 2.40 bits per heavy atom. The Labute approximate surface area is 92.3 Å². The van der Waals surface area contributed by atoms with Crippen molar-refractivity contribution in [2.45, 2.75) is 11.8 Å². The van der Waals surface area contributed by atoms with Gasteiger partial charge >= 0.3 is 5.97 Å². The van der Waals surface area contributed by atoms with Crippen LogP contribution in [0.5, 0.6) is 0 Å². The van der Waals surface area contributed by atoms with Gasteiger partial charge in [0, 0.05) is 23.5 Å². The first-order valence-corrected chi connectivity index (χ1v) is 5.55. The molecule has 1 unspecified atom stereocenters. The van der Waals surface area contributed by atoms with E-state index < -0.39 is 5.97 Å². The van der Waals surface area contributed by atoms with Crippen molar-refractivity contribution in [3.8, 4) is 0 Å². The van der Waals surface area contributed by atoms with Crippen LogP contribution in [0.15, 0.2) is 23.2 Å². The number of thioether (sulfide) groups is 1. The van der Waals surface area contributed by atoms with E-state index in [2.05, 4.69) is 4.98 Å². The predicted molar refractivity (Wildman–Crippen MR) is 58.2 cm³/mol. The summed E-state index contributed by atoms with van der Waals surface area (Å²) in [6, 6.07) is 3.43. The van der Waals surface area contributed by atoms with Crippen molar-refractivity contribution in [3.05, 3.63) is 24.0 Å². The number of aromatic carboxylic acids is 1. The molecule has 5 heteroatoms. The second kappa shape index (κ2) is 5.72. The highest BCUT2D eigenvalue weighted by Gasteiger charge is 2.12. The molecule has 0 bridgehead atoms. The third-order valence-electron chi connectivity index (χ3n) is 1.81. The maximum atomic E-state index is 10.8. The predicted octanol–water partition coefficient (Wildman–Crippen LogP) is 1.50. The second-order valence-corrected chi connectivity index (χ2v) is 4.32. The van der Waals surface area contributed by atoms with E-state index in [-0.39, 0.29) is 18.2 Å². The highest BCUT2D eigenvalue weighted by molar-refractivity contribution is 7.99. The molecule has 0 saturated heterocycles. The van der Waals surface area contributed by atoms with Gasteiger partial charge in [0.1, 0.15) is 0 Å². The third-order valence-corrected chi connectivity index (χ3v) is 3.18. The zero-order chi connectivity index (χ0) is 11.3. The fourth-order valence-corrected chi connectivity index (χ4v) is 1.97. The van der Waals surface area contributed by atoms with Gasteiger partial charge in [0.15, 0.2) is 5.69 Å². The Balaban J connectivity index is 2.72. The molecule has 15 heavy (non-hydrogen) atoms. The zero-order valence-electron chi connectivity index (χ0n) is 8.38. The van der Waals surface area contributed by atoms with E-state index in [9.17, 15) is 4.79 Å².